The van der Waals surface area contributed by atoms with E-state index >= 15 is 0 Å². The fourth-order valence-corrected chi connectivity index (χ4v) is 2.41. The van der Waals surface area contributed by atoms with Crippen molar-refractivity contribution in [2.24, 2.45) is 10.2 Å². The molecule has 2 N–H and O–H groups in total. The van der Waals surface area contributed by atoms with Gasteiger partial charge in [0.05, 0.1) is 11.4 Å². The number of aryl methyl sites for hydroxylation is 1. The summed E-state index contributed by atoms with van der Waals surface area (Å²) in [4.78, 5) is 0. The highest BCUT2D eigenvalue weighted by Crippen LogP contribution is 2.31. The lowest BCUT2D eigenvalue weighted by Crippen LogP contribution is -1.86. The molecule has 0 aromatic heterocycles. The van der Waals surface area contributed by atoms with Gasteiger partial charge in [0, 0.05) is 16.5 Å². The first-order valence-corrected chi connectivity index (χ1v) is 7.06. The van der Waals surface area contributed by atoms with Gasteiger partial charge in [-0.2, -0.15) is 5.11 Å². The molecule has 3 aromatic rings. The number of anilines is 1. The SMILES string of the molecule is CCc1ccccc1N=Nc1ccc(N)c2ccccc12. The number of nitrogen functional groups attached to an aromatic ring is 1. The summed E-state index contributed by atoms with van der Waals surface area (Å²) in [5.74, 6) is 0. The third-order valence-electron chi connectivity index (χ3n) is 3.57. The largest absolute Gasteiger partial charge is 0.398 e. The van der Waals surface area contributed by atoms with Crippen LogP contribution >= 0.6 is 0 Å². The van der Waals surface area contributed by atoms with Crippen LogP contribution < -0.4 is 5.73 Å². The van der Waals surface area contributed by atoms with E-state index in [-0.39, 0.29) is 0 Å². The van der Waals surface area contributed by atoms with Crippen molar-refractivity contribution in [2.45, 2.75) is 13.3 Å². The smallest absolute Gasteiger partial charge is 0.0936 e. The van der Waals surface area contributed by atoms with Gasteiger partial charge >= 0.3 is 0 Å². The standard InChI is InChI=1S/C18H17N3/c1-2-13-7-3-6-10-17(13)20-21-18-12-11-16(19)14-8-4-5-9-15(14)18/h3-12H,2,19H2,1H3. The molecule has 0 amide bonds. The highest BCUT2D eigenvalue weighted by atomic mass is 15.1. The van der Waals surface area contributed by atoms with Gasteiger partial charge < -0.3 is 5.73 Å². The van der Waals surface area contributed by atoms with Gasteiger partial charge in [-0.1, -0.05) is 49.4 Å². The van der Waals surface area contributed by atoms with Gasteiger partial charge in [-0.3, -0.25) is 0 Å². The first kappa shape index (κ1) is 13.3. The van der Waals surface area contributed by atoms with Crippen molar-refractivity contribution in [1.82, 2.24) is 0 Å². The molecule has 21 heavy (non-hydrogen) atoms. The fraction of sp³-hybridized carbons (Fsp3) is 0.111. The molecule has 0 saturated heterocycles. The van der Waals surface area contributed by atoms with Gasteiger partial charge in [0.2, 0.25) is 0 Å². The Bertz CT molecular complexity index is 806. The van der Waals surface area contributed by atoms with E-state index in [4.69, 9.17) is 5.73 Å². The summed E-state index contributed by atoms with van der Waals surface area (Å²) in [5.41, 5.74) is 9.72. The second-order valence-electron chi connectivity index (χ2n) is 4.90. The average Bonchev–Trinajstić information content (AvgIpc) is 2.55. The van der Waals surface area contributed by atoms with Gasteiger partial charge in [-0.25, -0.2) is 0 Å². The normalized spacial score (nSPS) is 11.3. The molecule has 104 valence electrons. The predicted molar refractivity (Wildman–Crippen MR) is 88.4 cm³/mol. The van der Waals surface area contributed by atoms with E-state index < -0.39 is 0 Å². The third kappa shape index (κ3) is 2.63. The highest BCUT2D eigenvalue weighted by molar-refractivity contribution is 5.99. The van der Waals surface area contributed by atoms with Crippen LogP contribution in [0.1, 0.15) is 12.5 Å². The molecule has 0 aliphatic carbocycles. The zero-order valence-corrected chi connectivity index (χ0v) is 12.0. The molecule has 0 atom stereocenters. The van der Waals surface area contributed by atoms with Crippen molar-refractivity contribution in [3.05, 3.63) is 66.2 Å². The monoisotopic (exact) mass is 275 g/mol. The van der Waals surface area contributed by atoms with Crippen LogP contribution in [0.25, 0.3) is 10.8 Å². The molecule has 0 radical (unpaired) electrons. The van der Waals surface area contributed by atoms with E-state index in [2.05, 4.69) is 23.2 Å². The molecule has 0 aliphatic rings. The average molecular weight is 275 g/mol. The predicted octanol–water partition coefficient (Wildman–Crippen LogP) is 5.40. The van der Waals surface area contributed by atoms with E-state index in [1.54, 1.807) is 0 Å². The first-order chi connectivity index (χ1) is 10.3. The summed E-state index contributed by atoms with van der Waals surface area (Å²) in [6, 6.07) is 19.8. The lowest BCUT2D eigenvalue weighted by atomic mass is 10.1. The number of nitrogens with zero attached hydrogens (tertiary/aromatic N) is 2. The van der Waals surface area contributed by atoms with Crippen LogP contribution in [0.4, 0.5) is 17.1 Å². The van der Waals surface area contributed by atoms with E-state index in [9.17, 15) is 0 Å². The molecular weight excluding hydrogens is 258 g/mol. The van der Waals surface area contributed by atoms with Crippen molar-refractivity contribution in [2.75, 3.05) is 5.73 Å². The molecule has 0 fully saturated rings. The highest BCUT2D eigenvalue weighted by Gasteiger charge is 2.03. The molecule has 3 aromatic carbocycles. The lowest BCUT2D eigenvalue weighted by molar-refractivity contribution is 1.11. The van der Waals surface area contributed by atoms with Crippen molar-refractivity contribution < 1.29 is 0 Å². The Morgan fingerprint density at radius 1 is 0.762 bits per heavy atom. The number of hydrogen-bond donors (Lipinski definition) is 1. The lowest BCUT2D eigenvalue weighted by Gasteiger charge is -2.05. The van der Waals surface area contributed by atoms with Gasteiger partial charge in [0.15, 0.2) is 0 Å². The van der Waals surface area contributed by atoms with Gasteiger partial charge in [-0.05, 0) is 30.2 Å². The number of fused-ring (bicyclic) bond motifs is 1. The molecule has 3 nitrogen and oxygen atoms in total. The molecule has 0 bridgehead atoms. The molecule has 0 unspecified atom stereocenters. The number of benzene rings is 3. The van der Waals surface area contributed by atoms with Crippen molar-refractivity contribution in [1.29, 1.82) is 0 Å². The fourth-order valence-electron chi connectivity index (χ4n) is 2.41. The Morgan fingerprint density at radius 3 is 2.24 bits per heavy atom. The van der Waals surface area contributed by atoms with Crippen LogP contribution in [-0.2, 0) is 6.42 Å². The van der Waals surface area contributed by atoms with Crippen LogP contribution in [-0.4, -0.2) is 0 Å². The van der Waals surface area contributed by atoms with Crippen LogP contribution in [0.5, 0.6) is 0 Å². The zero-order chi connectivity index (χ0) is 14.7. The van der Waals surface area contributed by atoms with Crippen molar-refractivity contribution in [3.63, 3.8) is 0 Å². The molecule has 3 heteroatoms. The molecule has 0 spiro atoms. The molecule has 0 saturated carbocycles. The minimum atomic E-state index is 0.763. The zero-order valence-electron chi connectivity index (χ0n) is 12.0. The summed E-state index contributed by atoms with van der Waals surface area (Å²) >= 11 is 0. The Morgan fingerprint density at radius 2 is 1.43 bits per heavy atom. The van der Waals surface area contributed by atoms with E-state index in [1.165, 1.54) is 5.56 Å². The van der Waals surface area contributed by atoms with Crippen LogP contribution in [0, 0.1) is 0 Å². The quantitative estimate of drug-likeness (QED) is 0.505. The van der Waals surface area contributed by atoms with Crippen molar-refractivity contribution >= 4 is 27.8 Å². The van der Waals surface area contributed by atoms with Crippen LogP contribution in [0.2, 0.25) is 0 Å². The molecule has 3 rings (SSSR count). The summed E-state index contributed by atoms with van der Waals surface area (Å²) in [7, 11) is 0. The second-order valence-corrected chi connectivity index (χ2v) is 4.90. The maximum absolute atomic E-state index is 6.01. The van der Waals surface area contributed by atoms with E-state index in [0.717, 1.165) is 34.3 Å². The summed E-state index contributed by atoms with van der Waals surface area (Å²) < 4.78 is 0. The number of azo groups is 1. The molecule has 0 heterocycles. The number of rotatable bonds is 3. The first-order valence-electron chi connectivity index (χ1n) is 7.06. The Hall–Kier alpha value is -2.68. The van der Waals surface area contributed by atoms with E-state index in [0.29, 0.717) is 0 Å². The van der Waals surface area contributed by atoms with Gasteiger partial charge in [0.25, 0.3) is 0 Å². The second kappa shape index (κ2) is 5.75. The maximum atomic E-state index is 6.01. The third-order valence-corrected chi connectivity index (χ3v) is 3.57. The van der Waals surface area contributed by atoms with E-state index in [1.807, 2.05) is 54.6 Å². The summed E-state index contributed by atoms with van der Waals surface area (Å²) in [6.45, 7) is 2.12. The van der Waals surface area contributed by atoms with Crippen LogP contribution in [0.3, 0.4) is 0 Å². The topological polar surface area (TPSA) is 50.7 Å². The number of hydrogen-bond acceptors (Lipinski definition) is 3. The Labute approximate surface area is 124 Å². The minimum Gasteiger partial charge on any atom is -0.398 e. The number of nitrogens with two attached hydrogens (primary N) is 1. The Balaban J connectivity index is 2.06. The van der Waals surface area contributed by atoms with Crippen LogP contribution in [0.15, 0.2) is 70.9 Å². The minimum absolute atomic E-state index is 0.763. The van der Waals surface area contributed by atoms with Gasteiger partial charge in [0.1, 0.15) is 0 Å². The molecular formula is C18H17N3. The maximum Gasteiger partial charge on any atom is 0.0936 e. The summed E-state index contributed by atoms with van der Waals surface area (Å²) in [5, 5.41) is 10.9. The van der Waals surface area contributed by atoms with Gasteiger partial charge in [-0.15, -0.1) is 5.11 Å². The summed E-state index contributed by atoms with van der Waals surface area (Å²) in [6.07, 6.45) is 0.942. The molecule has 0 aliphatic heterocycles. The Kier molecular flexibility index (Phi) is 3.65. The van der Waals surface area contributed by atoms with Crippen molar-refractivity contribution in [3.8, 4) is 0 Å².